The van der Waals surface area contributed by atoms with Gasteiger partial charge in [0.15, 0.2) is 0 Å². The number of rotatable bonds is 8. The van der Waals surface area contributed by atoms with Crippen LogP contribution in [0.25, 0.3) is 0 Å². The zero-order valence-electron chi connectivity index (χ0n) is 23.5. The average molecular weight is 561 g/mol. The van der Waals surface area contributed by atoms with E-state index >= 15 is 0 Å². The molecule has 1 aliphatic heterocycles. The smallest absolute Gasteiger partial charge is 0.317 e. The van der Waals surface area contributed by atoms with Gasteiger partial charge < -0.3 is 25.0 Å². The highest BCUT2D eigenvalue weighted by atomic mass is 32.2. The van der Waals surface area contributed by atoms with E-state index in [0.717, 1.165) is 5.56 Å². The van der Waals surface area contributed by atoms with Crippen molar-refractivity contribution in [2.75, 3.05) is 31.5 Å². The molecule has 3 atom stereocenters. The van der Waals surface area contributed by atoms with Crippen molar-refractivity contribution < 1.29 is 27.9 Å². The molecule has 214 valence electrons. The molecule has 0 unspecified atom stereocenters. The van der Waals surface area contributed by atoms with E-state index in [0.29, 0.717) is 23.5 Å². The van der Waals surface area contributed by atoms with Crippen LogP contribution >= 0.6 is 0 Å². The number of ether oxygens (including phenoxy) is 1. The molecule has 0 fully saturated rings. The number of carbonyl (C=O) groups excluding carboxylic acids is 2. The molecule has 0 radical (unpaired) electrons. The summed E-state index contributed by atoms with van der Waals surface area (Å²) in [7, 11) is -2.16. The third-order valence-electron chi connectivity index (χ3n) is 6.71. The standard InChI is InChI=1S/C28H40N4O6S/c1-18(2)29-28(35)31(6)16-26-20(4)15-32(21(5)17-33)27(34)14-22-13-23(9-12-25(22)38-26)30-39(36,37)24-10-7-19(3)8-11-24/h7-13,18,20-21,26,30,33H,14-17H2,1-6H3,(H,29,35)/t20-,21+,26+/m1/s1. The van der Waals surface area contributed by atoms with Crippen molar-refractivity contribution in [2.24, 2.45) is 5.92 Å². The molecule has 3 N–H and O–H groups in total. The van der Waals surface area contributed by atoms with Gasteiger partial charge in [0, 0.05) is 36.8 Å². The Labute approximate surface area is 231 Å². The first-order valence-electron chi connectivity index (χ1n) is 13.1. The SMILES string of the molecule is Cc1ccc(S(=O)(=O)Nc2ccc3c(c2)CC(=O)N([C@@H](C)CO)C[C@@H](C)[C@H](CN(C)C(=O)NC(C)C)O3)cc1. The maximum absolute atomic E-state index is 13.4. The van der Waals surface area contributed by atoms with E-state index < -0.39 is 22.2 Å². The van der Waals surface area contributed by atoms with Crippen molar-refractivity contribution in [3.05, 3.63) is 53.6 Å². The van der Waals surface area contributed by atoms with Crippen LogP contribution in [0.3, 0.4) is 0 Å². The predicted octanol–water partition coefficient (Wildman–Crippen LogP) is 2.99. The fraction of sp³-hybridized carbons (Fsp3) is 0.500. The molecule has 0 saturated heterocycles. The van der Waals surface area contributed by atoms with Gasteiger partial charge in [0.1, 0.15) is 11.9 Å². The molecular formula is C28H40N4O6S. The zero-order valence-corrected chi connectivity index (χ0v) is 24.3. The first-order chi connectivity index (χ1) is 18.3. The summed E-state index contributed by atoms with van der Waals surface area (Å²) in [5, 5.41) is 12.7. The Hall–Kier alpha value is -3.31. The fourth-order valence-electron chi connectivity index (χ4n) is 4.35. The Morgan fingerprint density at radius 1 is 1.18 bits per heavy atom. The third-order valence-corrected chi connectivity index (χ3v) is 8.11. The lowest BCUT2D eigenvalue weighted by atomic mass is 10.0. The maximum atomic E-state index is 13.4. The van der Waals surface area contributed by atoms with Crippen LogP contribution in [0.5, 0.6) is 5.75 Å². The summed E-state index contributed by atoms with van der Waals surface area (Å²) in [5.41, 5.74) is 1.75. The van der Waals surface area contributed by atoms with Crippen LogP contribution in [-0.4, -0.2) is 80.2 Å². The molecule has 0 bridgehead atoms. The van der Waals surface area contributed by atoms with Crippen LogP contribution in [0.4, 0.5) is 10.5 Å². The summed E-state index contributed by atoms with van der Waals surface area (Å²) in [6, 6.07) is 10.7. The molecule has 0 aliphatic carbocycles. The van der Waals surface area contributed by atoms with Crippen LogP contribution in [-0.2, 0) is 21.2 Å². The van der Waals surface area contributed by atoms with Crippen molar-refractivity contribution in [3.8, 4) is 5.75 Å². The second-order valence-corrected chi connectivity index (χ2v) is 12.3. The molecule has 11 heteroatoms. The van der Waals surface area contributed by atoms with Gasteiger partial charge in [-0.1, -0.05) is 24.6 Å². The number of sulfonamides is 1. The number of benzene rings is 2. The van der Waals surface area contributed by atoms with Crippen molar-refractivity contribution in [2.45, 2.75) is 64.1 Å². The monoisotopic (exact) mass is 560 g/mol. The summed E-state index contributed by atoms with van der Waals surface area (Å²) < 4.78 is 34.9. The largest absolute Gasteiger partial charge is 0.488 e. The van der Waals surface area contributed by atoms with E-state index in [1.165, 1.54) is 12.1 Å². The Morgan fingerprint density at radius 3 is 2.46 bits per heavy atom. The van der Waals surface area contributed by atoms with Crippen LogP contribution in [0.15, 0.2) is 47.4 Å². The van der Waals surface area contributed by atoms with Gasteiger partial charge in [-0.15, -0.1) is 0 Å². The Morgan fingerprint density at radius 2 is 1.85 bits per heavy atom. The number of anilines is 1. The molecule has 1 heterocycles. The van der Waals surface area contributed by atoms with Crippen molar-refractivity contribution in [3.63, 3.8) is 0 Å². The number of aliphatic hydroxyl groups excluding tert-OH is 1. The lowest BCUT2D eigenvalue weighted by Crippen LogP contribution is -2.49. The molecule has 1 aliphatic rings. The number of fused-ring (bicyclic) bond motifs is 1. The second-order valence-electron chi connectivity index (χ2n) is 10.6. The van der Waals surface area contributed by atoms with E-state index in [4.69, 9.17) is 4.74 Å². The van der Waals surface area contributed by atoms with Gasteiger partial charge in [-0.25, -0.2) is 13.2 Å². The van der Waals surface area contributed by atoms with Crippen LogP contribution < -0.4 is 14.8 Å². The van der Waals surface area contributed by atoms with E-state index in [2.05, 4.69) is 10.0 Å². The van der Waals surface area contributed by atoms with Crippen LogP contribution in [0.2, 0.25) is 0 Å². The number of hydrogen-bond donors (Lipinski definition) is 3. The summed E-state index contributed by atoms with van der Waals surface area (Å²) in [5.74, 6) is 0.0518. The summed E-state index contributed by atoms with van der Waals surface area (Å²) in [6.07, 6.45) is -0.510. The van der Waals surface area contributed by atoms with Gasteiger partial charge in [0.25, 0.3) is 10.0 Å². The molecule has 10 nitrogen and oxygen atoms in total. The zero-order chi connectivity index (χ0) is 28.9. The number of aliphatic hydroxyl groups is 1. The summed E-state index contributed by atoms with van der Waals surface area (Å²) >= 11 is 0. The first-order valence-corrected chi connectivity index (χ1v) is 14.6. The topological polar surface area (TPSA) is 128 Å². The van der Waals surface area contributed by atoms with E-state index in [9.17, 15) is 23.1 Å². The van der Waals surface area contributed by atoms with Crippen molar-refractivity contribution in [1.82, 2.24) is 15.1 Å². The Bertz CT molecular complexity index is 1270. The van der Waals surface area contributed by atoms with Gasteiger partial charge in [-0.3, -0.25) is 9.52 Å². The maximum Gasteiger partial charge on any atom is 0.317 e. The summed E-state index contributed by atoms with van der Waals surface area (Å²) in [4.78, 5) is 29.3. The lowest BCUT2D eigenvalue weighted by molar-refractivity contribution is -0.134. The summed E-state index contributed by atoms with van der Waals surface area (Å²) in [6.45, 7) is 9.73. The van der Waals surface area contributed by atoms with Gasteiger partial charge in [0.05, 0.1) is 30.5 Å². The highest BCUT2D eigenvalue weighted by Crippen LogP contribution is 2.30. The molecule has 2 aromatic carbocycles. The number of amides is 3. The molecule has 0 aromatic heterocycles. The Kier molecular flexibility index (Phi) is 9.84. The van der Waals surface area contributed by atoms with Crippen LogP contribution in [0, 0.1) is 12.8 Å². The van der Waals surface area contributed by atoms with E-state index in [-0.39, 0.29) is 48.4 Å². The molecule has 39 heavy (non-hydrogen) atoms. The first kappa shape index (κ1) is 30.2. The third kappa shape index (κ3) is 7.86. The number of aryl methyl sites for hydroxylation is 1. The van der Waals surface area contributed by atoms with Crippen molar-refractivity contribution in [1.29, 1.82) is 0 Å². The minimum Gasteiger partial charge on any atom is -0.488 e. The molecule has 0 saturated carbocycles. The quantitative estimate of drug-likeness (QED) is 0.455. The van der Waals surface area contributed by atoms with Gasteiger partial charge in [-0.05, 0) is 58.0 Å². The van der Waals surface area contributed by atoms with Crippen molar-refractivity contribution >= 4 is 27.6 Å². The fourth-order valence-corrected chi connectivity index (χ4v) is 5.40. The highest BCUT2D eigenvalue weighted by Gasteiger charge is 2.32. The second kappa shape index (κ2) is 12.7. The predicted molar refractivity (Wildman–Crippen MR) is 150 cm³/mol. The number of likely N-dealkylation sites (N-methyl/N-ethyl adjacent to an activating group) is 1. The molecule has 3 amide bonds. The average Bonchev–Trinajstić information content (AvgIpc) is 2.91. The van der Waals surface area contributed by atoms with E-state index in [1.54, 1.807) is 54.1 Å². The minimum atomic E-state index is -3.85. The normalized spacial score (nSPS) is 18.8. The molecular weight excluding hydrogens is 520 g/mol. The van der Waals surface area contributed by atoms with Gasteiger partial charge in [0.2, 0.25) is 5.91 Å². The number of carbonyl (C=O) groups is 2. The molecule has 3 rings (SSSR count). The van der Waals surface area contributed by atoms with E-state index in [1.807, 2.05) is 27.7 Å². The highest BCUT2D eigenvalue weighted by molar-refractivity contribution is 7.92. The number of nitrogens with zero attached hydrogens (tertiary/aromatic N) is 2. The minimum absolute atomic E-state index is 0.0276. The molecule has 0 spiro atoms. The van der Waals surface area contributed by atoms with Crippen LogP contribution in [0.1, 0.15) is 38.8 Å². The lowest BCUT2D eigenvalue weighted by Gasteiger charge is -2.34. The molecule has 2 aromatic rings. The Balaban J connectivity index is 1.95. The van der Waals surface area contributed by atoms with Gasteiger partial charge in [-0.2, -0.15) is 0 Å². The van der Waals surface area contributed by atoms with Gasteiger partial charge >= 0.3 is 6.03 Å². The number of hydrogen-bond acceptors (Lipinski definition) is 6. The number of urea groups is 1. The number of nitrogens with one attached hydrogen (secondary N) is 2.